The van der Waals surface area contributed by atoms with Gasteiger partial charge in [-0.25, -0.2) is 4.98 Å². The topological polar surface area (TPSA) is 64.2 Å². The number of H-pyrrole nitrogens is 1. The summed E-state index contributed by atoms with van der Waals surface area (Å²) in [6.07, 6.45) is 0.200. The highest BCUT2D eigenvalue weighted by Gasteiger charge is 2.17. The predicted octanol–water partition coefficient (Wildman–Crippen LogP) is 3.34. The highest BCUT2D eigenvalue weighted by molar-refractivity contribution is 5.93. The molecule has 0 amide bonds. The van der Waals surface area contributed by atoms with Crippen LogP contribution in [0.2, 0.25) is 0 Å². The maximum Gasteiger partial charge on any atom is 0.310 e. The molecule has 0 saturated heterocycles. The van der Waals surface area contributed by atoms with E-state index in [1.807, 2.05) is 36.4 Å². The van der Waals surface area contributed by atoms with Crippen molar-refractivity contribution in [3.8, 4) is 17.3 Å². The van der Waals surface area contributed by atoms with Crippen LogP contribution in [0.3, 0.4) is 0 Å². The number of nitrogens with zero attached hydrogens (tertiary/aromatic N) is 1. The molecule has 1 N–H and O–H groups in total. The molecule has 3 rings (SSSR count). The summed E-state index contributed by atoms with van der Waals surface area (Å²) in [4.78, 5) is 19.8. The lowest BCUT2D eigenvalue weighted by Crippen LogP contribution is -2.08. The van der Waals surface area contributed by atoms with Crippen molar-refractivity contribution in [1.82, 2.24) is 9.97 Å². The van der Waals surface area contributed by atoms with E-state index in [9.17, 15) is 4.79 Å². The smallest absolute Gasteiger partial charge is 0.310 e. The van der Waals surface area contributed by atoms with Crippen LogP contribution in [0, 0.1) is 0 Å². The second kappa shape index (κ2) is 6.52. The molecule has 0 fully saturated rings. The van der Waals surface area contributed by atoms with Gasteiger partial charge in [-0.15, -0.1) is 0 Å². The van der Waals surface area contributed by atoms with E-state index >= 15 is 0 Å². The number of ether oxygens (including phenoxy) is 2. The van der Waals surface area contributed by atoms with Crippen LogP contribution in [0.4, 0.5) is 0 Å². The third kappa shape index (κ3) is 3.04. The Morgan fingerprint density at radius 2 is 2.00 bits per heavy atom. The van der Waals surface area contributed by atoms with Gasteiger partial charge in [0.25, 0.3) is 0 Å². The second-order valence-corrected chi connectivity index (χ2v) is 5.07. The summed E-state index contributed by atoms with van der Waals surface area (Å²) in [6.45, 7) is 2.17. The highest BCUT2D eigenvalue weighted by Crippen LogP contribution is 2.30. The molecule has 1 aromatic carbocycles. The zero-order valence-corrected chi connectivity index (χ0v) is 13.1. The first kappa shape index (κ1) is 15.1. The van der Waals surface area contributed by atoms with Crippen molar-refractivity contribution in [3.05, 3.63) is 48.0 Å². The number of fused-ring (bicyclic) bond motifs is 1. The van der Waals surface area contributed by atoms with Crippen molar-refractivity contribution >= 4 is 16.9 Å². The van der Waals surface area contributed by atoms with Crippen molar-refractivity contribution in [2.45, 2.75) is 13.3 Å². The summed E-state index contributed by atoms with van der Waals surface area (Å²) in [5, 5.41) is 1.00. The van der Waals surface area contributed by atoms with Crippen molar-refractivity contribution < 1.29 is 14.3 Å². The predicted molar refractivity (Wildman–Crippen MR) is 88.4 cm³/mol. The Balaban J connectivity index is 2.13. The van der Waals surface area contributed by atoms with Crippen LogP contribution < -0.4 is 4.74 Å². The Kier molecular flexibility index (Phi) is 4.28. The van der Waals surface area contributed by atoms with E-state index in [1.165, 1.54) is 0 Å². The molecule has 118 valence electrons. The third-order valence-corrected chi connectivity index (χ3v) is 3.63. The largest absolute Gasteiger partial charge is 0.481 e. The number of hydrogen-bond donors (Lipinski definition) is 1. The molecule has 0 radical (unpaired) electrons. The van der Waals surface area contributed by atoms with E-state index in [0.29, 0.717) is 12.5 Å². The summed E-state index contributed by atoms with van der Waals surface area (Å²) in [6, 6.07) is 13.4. The molecule has 3 aromatic rings. The van der Waals surface area contributed by atoms with E-state index in [4.69, 9.17) is 9.47 Å². The number of pyridine rings is 1. The van der Waals surface area contributed by atoms with Gasteiger partial charge in [-0.2, -0.15) is 0 Å². The fourth-order valence-electron chi connectivity index (χ4n) is 2.63. The summed E-state index contributed by atoms with van der Waals surface area (Å²) in [5.74, 6) is 0.282. The molecule has 0 aliphatic carbocycles. The Morgan fingerprint density at radius 1 is 1.17 bits per heavy atom. The fraction of sp³-hybridized carbons (Fsp3) is 0.222. The SMILES string of the molecule is CCOC(=O)Cc1c(-c2cccc(OC)n2)[nH]c2ccccc12. The zero-order chi connectivity index (χ0) is 16.2. The normalized spacial score (nSPS) is 10.7. The molecule has 0 atom stereocenters. The molecule has 23 heavy (non-hydrogen) atoms. The maximum absolute atomic E-state index is 12.0. The van der Waals surface area contributed by atoms with Crippen LogP contribution >= 0.6 is 0 Å². The van der Waals surface area contributed by atoms with Gasteiger partial charge in [0.15, 0.2) is 0 Å². The molecule has 0 aliphatic heterocycles. The van der Waals surface area contributed by atoms with Gasteiger partial charge in [-0.3, -0.25) is 4.79 Å². The lowest BCUT2D eigenvalue weighted by atomic mass is 10.1. The van der Waals surface area contributed by atoms with E-state index in [0.717, 1.165) is 27.9 Å². The number of methoxy groups -OCH3 is 1. The first-order chi connectivity index (χ1) is 11.2. The minimum Gasteiger partial charge on any atom is -0.481 e. The summed E-state index contributed by atoms with van der Waals surface area (Å²) in [7, 11) is 1.58. The minimum absolute atomic E-state index is 0.200. The van der Waals surface area contributed by atoms with Crippen LogP contribution in [0.15, 0.2) is 42.5 Å². The van der Waals surface area contributed by atoms with Crippen LogP contribution in [0.1, 0.15) is 12.5 Å². The molecule has 0 bridgehead atoms. The molecule has 2 heterocycles. The number of carbonyl (C=O) groups excluding carboxylic acids is 1. The average molecular weight is 310 g/mol. The number of rotatable bonds is 5. The number of para-hydroxylation sites is 1. The molecule has 5 heteroatoms. The van der Waals surface area contributed by atoms with E-state index in [-0.39, 0.29) is 12.4 Å². The van der Waals surface area contributed by atoms with Crippen molar-refractivity contribution in [2.24, 2.45) is 0 Å². The fourth-order valence-corrected chi connectivity index (χ4v) is 2.63. The number of carbonyl (C=O) groups is 1. The standard InChI is InChI=1S/C18H18N2O3/c1-3-23-17(21)11-13-12-7-4-5-8-14(12)20-18(13)15-9-6-10-16(19-15)22-2/h4-10,20H,3,11H2,1-2H3. The van der Waals surface area contributed by atoms with Crippen molar-refractivity contribution in [3.63, 3.8) is 0 Å². The van der Waals surface area contributed by atoms with Crippen molar-refractivity contribution in [1.29, 1.82) is 0 Å². The van der Waals surface area contributed by atoms with Crippen LogP contribution in [0.5, 0.6) is 5.88 Å². The van der Waals surface area contributed by atoms with Gasteiger partial charge in [0.2, 0.25) is 5.88 Å². The number of hydrogen-bond acceptors (Lipinski definition) is 4. The highest BCUT2D eigenvalue weighted by atomic mass is 16.5. The van der Waals surface area contributed by atoms with E-state index in [1.54, 1.807) is 20.1 Å². The number of nitrogens with one attached hydrogen (secondary N) is 1. The van der Waals surface area contributed by atoms with Crippen molar-refractivity contribution in [2.75, 3.05) is 13.7 Å². The molecular weight excluding hydrogens is 292 g/mol. The van der Waals surface area contributed by atoms with Crippen LogP contribution in [0.25, 0.3) is 22.3 Å². The number of aromatic amines is 1. The Labute approximate surface area is 134 Å². The molecule has 0 spiro atoms. The first-order valence-electron chi connectivity index (χ1n) is 7.49. The summed E-state index contributed by atoms with van der Waals surface area (Å²) in [5.41, 5.74) is 3.41. The second-order valence-electron chi connectivity index (χ2n) is 5.07. The van der Waals surface area contributed by atoms with Gasteiger partial charge in [-0.1, -0.05) is 24.3 Å². The third-order valence-electron chi connectivity index (χ3n) is 3.63. The number of aromatic nitrogens is 2. The maximum atomic E-state index is 12.0. The average Bonchev–Trinajstić information content (AvgIpc) is 2.94. The molecule has 5 nitrogen and oxygen atoms in total. The Morgan fingerprint density at radius 3 is 2.78 bits per heavy atom. The number of benzene rings is 1. The van der Waals surface area contributed by atoms with Gasteiger partial charge < -0.3 is 14.5 Å². The first-order valence-corrected chi connectivity index (χ1v) is 7.49. The lowest BCUT2D eigenvalue weighted by Gasteiger charge is -2.06. The monoisotopic (exact) mass is 310 g/mol. The molecule has 0 saturated carbocycles. The summed E-state index contributed by atoms with van der Waals surface area (Å²) < 4.78 is 10.3. The minimum atomic E-state index is -0.249. The van der Waals surface area contributed by atoms with Crippen LogP contribution in [-0.4, -0.2) is 29.7 Å². The molecular formula is C18H18N2O3. The number of esters is 1. The van der Waals surface area contributed by atoms with Gasteiger partial charge in [0.1, 0.15) is 0 Å². The van der Waals surface area contributed by atoms with E-state index in [2.05, 4.69) is 9.97 Å². The van der Waals surface area contributed by atoms with Gasteiger partial charge in [-0.05, 0) is 24.6 Å². The molecule has 0 unspecified atom stereocenters. The van der Waals surface area contributed by atoms with Gasteiger partial charge in [0, 0.05) is 17.0 Å². The molecule has 0 aliphatic rings. The quantitative estimate of drug-likeness (QED) is 0.734. The van der Waals surface area contributed by atoms with Gasteiger partial charge in [0.05, 0.1) is 31.5 Å². The molecule has 2 aromatic heterocycles. The zero-order valence-electron chi connectivity index (χ0n) is 13.1. The summed E-state index contributed by atoms with van der Waals surface area (Å²) >= 11 is 0. The Bertz CT molecular complexity index is 839. The van der Waals surface area contributed by atoms with Crippen LogP contribution in [-0.2, 0) is 16.0 Å². The van der Waals surface area contributed by atoms with E-state index < -0.39 is 0 Å². The lowest BCUT2D eigenvalue weighted by molar-refractivity contribution is -0.142. The Hall–Kier alpha value is -2.82. The van der Waals surface area contributed by atoms with Gasteiger partial charge >= 0.3 is 5.97 Å².